The van der Waals surface area contributed by atoms with E-state index in [1.807, 2.05) is 0 Å². The molecule has 1 amide bonds. The Morgan fingerprint density at radius 3 is 3.06 bits per heavy atom. The molecular formula is C9H12N4O3. The Kier molecular flexibility index (Phi) is 2.51. The lowest BCUT2D eigenvalue weighted by Gasteiger charge is -2.13. The van der Waals surface area contributed by atoms with Crippen LogP contribution in [0.4, 0.5) is 10.7 Å². The van der Waals surface area contributed by atoms with Crippen LogP contribution in [0.2, 0.25) is 0 Å². The minimum atomic E-state index is -0.446. The number of hydrogen-bond acceptors (Lipinski definition) is 5. The van der Waals surface area contributed by atoms with Gasteiger partial charge in [0.15, 0.2) is 0 Å². The third-order valence-corrected chi connectivity index (χ3v) is 2.34. The van der Waals surface area contributed by atoms with E-state index in [4.69, 9.17) is 10.5 Å². The molecule has 2 rings (SSSR count). The first-order valence-corrected chi connectivity index (χ1v) is 4.91. The van der Waals surface area contributed by atoms with Gasteiger partial charge >= 0.3 is 6.09 Å². The standard InChI is InChI=1S/C9H12N4O3/c1-2-16-9(15)13-3-5-6(4-13)11-8(10)12-7(5)14/h2-4H2,1H3,(H3,10,11,12,14). The summed E-state index contributed by atoms with van der Waals surface area (Å²) in [5.41, 5.74) is 6.12. The summed E-state index contributed by atoms with van der Waals surface area (Å²) in [5, 5.41) is 0. The molecule has 86 valence electrons. The number of aromatic amines is 1. The maximum Gasteiger partial charge on any atom is 0.410 e. The molecule has 2 heterocycles. The molecule has 1 aliphatic heterocycles. The zero-order valence-corrected chi connectivity index (χ0v) is 8.82. The Labute approximate surface area is 91.2 Å². The fourth-order valence-corrected chi connectivity index (χ4v) is 1.63. The number of aromatic nitrogens is 2. The number of amides is 1. The predicted molar refractivity (Wildman–Crippen MR) is 55.5 cm³/mol. The number of ether oxygens (including phenoxy) is 1. The van der Waals surface area contributed by atoms with Crippen LogP contribution in [0.5, 0.6) is 0 Å². The minimum Gasteiger partial charge on any atom is -0.450 e. The average molecular weight is 224 g/mol. The molecule has 0 saturated carbocycles. The van der Waals surface area contributed by atoms with E-state index in [1.54, 1.807) is 6.92 Å². The summed E-state index contributed by atoms with van der Waals surface area (Å²) < 4.78 is 4.84. The number of hydrogen-bond donors (Lipinski definition) is 2. The number of rotatable bonds is 1. The van der Waals surface area contributed by atoms with E-state index < -0.39 is 6.09 Å². The van der Waals surface area contributed by atoms with Crippen molar-refractivity contribution in [2.75, 3.05) is 12.3 Å². The van der Waals surface area contributed by atoms with Crippen LogP contribution in [0.1, 0.15) is 18.2 Å². The van der Waals surface area contributed by atoms with Gasteiger partial charge < -0.3 is 10.5 Å². The molecule has 3 N–H and O–H groups in total. The molecule has 0 aliphatic carbocycles. The molecule has 0 fully saturated rings. The molecule has 1 aromatic rings. The molecule has 0 saturated heterocycles. The number of nitrogens with two attached hydrogens (primary N) is 1. The maximum absolute atomic E-state index is 11.5. The summed E-state index contributed by atoms with van der Waals surface area (Å²) in [6.45, 7) is 2.51. The molecule has 0 atom stereocenters. The van der Waals surface area contributed by atoms with E-state index in [1.165, 1.54) is 4.90 Å². The van der Waals surface area contributed by atoms with E-state index in [0.717, 1.165) is 0 Å². The summed E-state index contributed by atoms with van der Waals surface area (Å²) in [6.07, 6.45) is -0.446. The fourth-order valence-electron chi connectivity index (χ4n) is 1.63. The van der Waals surface area contributed by atoms with E-state index >= 15 is 0 Å². The van der Waals surface area contributed by atoms with Crippen LogP contribution in [0.3, 0.4) is 0 Å². The van der Waals surface area contributed by atoms with E-state index in [-0.39, 0.29) is 24.6 Å². The van der Waals surface area contributed by atoms with Gasteiger partial charge in [-0.1, -0.05) is 0 Å². The summed E-state index contributed by atoms with van der Waals surface area (Å²) >= 11 is 0. The molecule has 16 heavy (non-hydrogen) atoms. The van der Waals surface area contributed by atoms with Crippen LogP contribution < -0.4 is 11.3 Å². The second-order valence-electron chi connectivity index (χ2n) is 3.43. The lowest BCUT2D eigenvalue weighted by molar-refractivity contribution is 0.106. The highest BCUT2D eigenvalue weighted by atomic mass is 16.6. The predicted octanol–water partition coefficient (Wildman–Crippen LogP) is -0.176. The molecule has 1 aromatic heterocycles. The number of nitrogen functional groups attached to an aromatic ring is 1. The van der Waals surface area contributed by atoms with Gasteiger partial charge in [-0.3, -0.25) is 14.7 Å². The highest BCUT2D eigenvalue weighted by Gasteiger charge is 2.27. The Morgan fingerprint density at radius 2 is 2.38 bits per heavy atom. The van der Waals surface area contributed by atoms with Gasteiger partial charge in [0.1, 0.15) is 0 Å². The van der Waals surface area contributed by atoms with Crippen molar-refractivity contribution in [1.82, 2.24) is 14.9 Å². The highest BCUT2D eigenvalue weighted by molar-refractivity contribution is 5.68. The van der Waals surface area contributed by atoms with Gasteiger partial charge in [0.2, 0.25) is 5.95 Å². The molecule has 1 aliphatic rings. The van der Waals surface area contributed by atoms with Crippen LogP contribution in [0.25, 0.3) is 0 Å². The van der Waals surface area contributed by atoms with Gasteiger partial charge in [0.05, 0.1) is 31.0 Å². The van der Waals surface area contributed by atoms with Crippen molar-refractivity contribution >= 4 is 12.0 Å². The molecule has 7 heteroatoms. The Hall–Kier alpha value is -2.05. The first-order chi connectivity index (χ1) is 7.61. The second kappa shape index (κ2) is 3.84. The van der Waals surface area contributed by atoms with Gasteiger partial charge in [-0.25, -0.2) is 9.78 Å². The number of anilines is 1. The molecule has 0 unspecified atom stereocenters. The van der Waals surface area contributed by atoms with Crippen LogP contribution in [-0.4, -0.2) is 27.6 Å². The average Bonchev–Trinajstić information content (AvgIpc) is 2.62. The van der Waals surface area contributed by atoms with Gasteiger partial charge in [0, 0.05) is 0 Å². The van der Waals surface area contributed by atoms with Gasteiger partial charge in [-0.2, -0.15) is 0 Å². The normalized spacial score (nSPS) is 13.7. The van der Waals surface area contributed by atoms with Crippen molar-refractivity contribution in [3.05, 3.63) is 21.6 Å². The van der Waals surface area contributed by atoms with Crippen molar-refractivity contribution in [2.45, 2.75) is 20.0 Å². The number of nitrogens with zero attached hydrogens (tertiary/aromatic N) is 2. The summed E-state index contributed by atoms with van der Waals surface area (Å²) in [4.78, 5) is 30.7. The fraction of sp³-hybridized carbons (Fsp3) is 0.444. The van der Waals surface area contributed by atoms with E-state index in [0.29, 0.717) is 17.9 Å². The zero-order valence-electron chi connectivity index (χ0n) is 8.82. The number of nitrogens with one attached hydrogen (secondary N) is 1. The Balaban J connectivity index is 2.24. The topological polar surface area (TPSA) is 101 Å². The zero-order chi connectivity index (χ0) is 11.7. The van der Waals surface area contributed by atoms with Crippen LogP contribution in [0.15, 0.2) is 4.79 Å². The lowest BCUT2D eigenvalue weighted by atomic mass is 10.3. The van der Waals surface area contributed by atoms with E-state index in [9.17, 15) is 9.59 Å². The SMILES string of the molecule is CCOC(=O)N1Cc2nc(N)[nH]c(=O)c2C1. The third kappa shape index (κ3) is 1.71. The van der Waals surface area contributed by atoms with Gasteiger partial charge in [-0.05, 0) is 6.92 Å². The molecule has 0 radical (unpaired) electrons. The summed E-state index contributed by atoms with van der Waals surface area (Å²) in [5.74, 6) is 0.0643. The lowest BCUT2D eigenvalue weighted by Crippen LogP contribution is -2.26. The number of H-pyrrole nitrogens is 1. The van der Waals surface area contributed by atoms with Crippen molar-refractivity contribution in [3.63, 3.8) is 0 Å². The number of fused-ring (bicyclic) bond motifs is 1. The second-order valence-corrected chi connectivity index (χ2v) is 3.43. The number of carbonyl (C=O) groups excluding carboxylic acids is 1. The van der Waals surface area contributed by atoms with Gasteiger partial charge in [-0.15, -0.1) is 0 Å². The van der Waals surface area contributed by atoms with Crippen LogP contribution in [0, 0.1) is 0 Å². The van der Waals surface area contributed by atoms with E-state index in [2.05, 4.69) is 9.97 Å². The quantitative estimate of drug-likeness (QED) is 0.689. The number of carbonyl (C=O) groups is 1. The monoisotopic (exact) mass is 224 g/mol. The van der Waals surface area contributed by atoms with Crippen molar-refractivity contribution in [3.8, 4) is 0 Å². The van der Waals surface area contributed by atoms with Crippen LogP contribution >= 0.6 is 0 Å². The molecule has 7 nitrogen and oxygen atoms in total. The highest BCUT2D eigenvalue weighted by Crippen LogP contribution is 2.18. The minimum absolute atomic E-state index is 0.0643. The van der Waals surface area contributed by atoms with Crippen molar-refractivity contribution in [1.29, 1.82) is 0 Å². The maximum atomic E-state index is 11.5. The smallest absolute Gasteiger partial charge is 0.410 e. The largest absolute Gasteiger partial charge is 0.450 e. The molecule has 0 spiro atoms. The van der Waals surface area contributed by atoms with Crippen molar-refractivity contribution in [2.24, 2.45) is 0 Å². The first kappa shape index (κ1) is 10.5. The molecule has 0 bridgehead atoms. The Morgan fingerprint density at radius 1 is 1.62 bits per heavy atom. The first-order valence-electron chi connectivity index (χ1n) is 4.91. The summed E-state index contributed by atoms with van der Waals surface area (Å²) in [7, 11) is 0. The van der Waals surface area contributed by atoms with Crippen molar-refractivity contribution < 1.29 is 9.53 Å². The third-order valence-electron chi connectivity index (χ3n) is 2.34. The molecule has 0 aromatic carbocycles. The van der Waals surface area contributed by atoms with Crippen LogP contribution in [-0.2, 0) is 17.8 Å². The molecular weight excluding hydrogens is 212 g/mol. The summed E-state index contributed by atoms with van der Waals surface area (Å²) in [6, 6.07) is 0. The van der Waals surface area contributed by atoms with Gasteiger partial charge in [0.25, 0.3) is 5.56 Å². The Bertz CT molecular complexity index is 482.